The van der Waals surface area contributed by atoms with Gasteiger partial charge in [-0.2, -0.15) is 0 Å². The smallest absolute Gasteiger partial charge is 0.222 e. The second-order valence-corrected chi connectivity index (χ2v) is 6.65. The third-order valence-corrected chi connectivity index (χ3v) is 5.17. The fourth-order valence-corrected chi connectivity index (χ4v) is 3.83. The summed E-state index contributed by atoms with van der Waals surface area (Å²) in [4.78, 5) is 13.7. The summed E-state index contributed by atoms with van der Waals surface area (Å²) in [6.45, 7) is 5.75. The lowest BCUT2D eigenvalue weighted by atomic mass is 9.80. The van der Waals surface area contributed by atoms with Gasteiger partial charge in [-0.3, -0.25) is 4.79 Å². The highest BCUT2D eigenvalue weighted by molar-refractivity contribution is 5.76. The molecule has 3 rings (SSSR count). The molecular formula is C18H25FN2O. The number of nitrogens with zero attached hydrogens (tertiary/aromatic N) is 1. The number of hydrogen-bond donors (Lipinski definition) is 1. The Labute approximate surface area is 131 Å². The van der Waals surface area contributed by atoms with Gasteiger partial charge in [0, 0.05) is 31.6 Å². The Morgan fingerprint density at radius 1 is 1.41 bits per heavy atom. The van der Waals surface area contributed by atoms with E-state index < -0.39 is 0 Å². The van der Waals surface area contributed by atoms with Gasteiger partial charge in [-0.1, -0.05) is 26.0 Å². The van der Waals surface area contributed by atoms with Crippen LogP contribution in [0.1, 0.15) is 50.3 Å². The van der Waals surface area contributed by atoms with Crippen LogP contribution in [0.3, 0.4) is 0 Å². The highest BCUT2D eigenvalue weighted by atomic mass is 19.1. The van der Waals surface area contributed by atoms with Gasteiger partial charge in [-0.25, -0.2) is 4.39 Å². The molecule has 0 radical (unpaired) electrons. The van der Waals surface area contributed by atoms with E-state index >= 15 is 0 Å². The molecule has 120 valence electrons. The summed E-state index contributed by atoms with van der Waals surface area (Å²) in [6.07, 6.45) is 3.39. The van der Waals surface area contributed by atoms with Crippen LogP contribution < -0.4 is 5.32 Å². The number of nitrogens with one attached hydrogen (secondary N) is 1. The number of likely N-dealkylation sites (tertiary alicyclic amines) is 1. The second-order valence-electron chi connectivity index (χ2n) is 6.65. The molecule has 2 aliphatic rings. The average Bonchev–Trinajstić information content (AvgIpc) is 2.98. The number of fused-ring (bicyclic) bond motifs is 1. The zero-order valence-electron chi connectivity index (χ0n) is 13.4. The van der Waals surface area contributed by atoms with Crippen LogP contribution in [0.4, 0.5) is 4.39 Å². The van der Waals surface area contributed by atoms with Crippen LogP contribution >= 0.6 is 0 Å². The van der Waals surface area contributed by atoms with Crippen LogP contribution in [0.2, 0.25) is 0 Å². The van der Waals surface area contributed by atoms with Crippen molar-refractivity contribution in [1.82, 2.24) is 10.2 Å². The van der Waals surface area contributed by atoms with Crippen molar-refractivity contribution in [3.05, 3.63) is 35.1 Å². The van der Waals surface area contributed by atoms with Gasteiger partial charge in [-0.15, -0.1) is 0 Å². The lowest BCUT2D eigenvalue weighted by Crippen LogP contribution is -2.40. The predicted molar refractivity (Wildman–Crippen MR) is 85.0 cm³/mol. The molecule has 3 atom stereocenters. The molecule has 0 aromatic heterocycles. The van der Waals surface area contributed by atoms with Gasteiger partial charge in [0.25, 0.3) is 0 Å². The van der Waals surface area contributed by atoms with E-state index in [0.717, 1.165) is 43.5 Å². The van der Waals surface area contributed by atoms with Gasteiger partial charge < -0.3 is 10.2 Å². The Morgan fingerprint density at radius 3 is 3.00 bits per heavy atom. The Morgan fingerprint density at radius 2 is 2.23 bits per heavy atom. The molecule has 3 nitrogen and oxygen atoms in total. The highest BCUT2D eigenvalue weighted by Crippen LogP contribution is 2.36. The summed E-state index contributed by atoms with van der Waals surface area (Å²) in [5.74, 6) is 0.642. The summed E-state index contributed by atoms with van der Waals surface area (Å²) in [7, 11) is 0. The minimum Gasteiger partial charge on any atom is -0.341 e. The molecular weight excluding hydrogens is 279 g/mol. The molecule has 1 aromatic carbocycles. The molecule has 1 amide bonds. The van der Waals surface area contributed by atoms with Crippen molar-refractivity contribution in [2.75, 3.05) is 13.1 Å². The van der Waals surface area contributed by atoms with E-state index in [1.54, 1.807) is 6.07 Å². The number of rotatable bonds is 3. The van der Waals surface area contributed by atoms with Gasteiger partial charge in [0.05, 0.1) is 0 Å². The summed E-state index contributed by atoms with van der Waals surface area (Å²) >= 11 is 0. The van der Waals surface area contributed by atoms with Crippen LogP contribution in [0.5, 0.6) is 0 Å². The summed E-state index contributed by atoms with van der Waals surface area (Å²) in [6, 6.07) is 5.93. The monoisotopic (exact) mass is 304 g/mol. The zero-order chi connectivity index (χ0) is 15.7. The minimum atomic E-state index is -0.0783. The van der Waals surface area contributed by atoms with Crippen LogP contribution in [0.15, 0.2) is 18.2 Å². The van der Waals surface area contributed by atoms with Crippen LogP contribution in [-0.4, -0.2) is 29.9 Å². The Balaban J connectivity index is 1.73. The van der Waals surface area contributed by atoms with E-state index in [4.69, 9.17) is 0 Å². The van der Waals surface area contributed by atoms with E-state index in [2.05, 4.69) is 18.3 Å². The third kappa shape index (κ3) is 2.89. The largest absolute Gasteiger partial charge is 0.341 e. The van der Waals surface area contributed by atoms with Crippen molar-refractivity contribution in [3.63, 3.8) is 0 Å². The second kappa shape index (κ2) is 6.37. The first kappa shape index (κ1) is 15.5. The number of amides is 1. The van der Waals surface area contributed by atoms with Crippen LogP contribution in [0.25, 0.3) is 0 Å². The first-order chi connectivity index (χ1) is 10.6. The van der Waals surface area contributed by atoms with E-state index in [1.165, 1.54) is 0 Å². The van der Waals surface area contributed by atoms with Crippen molar-refractivity contribution in [3.8, 4) is 0 Å². The number of halogens is 1. The summed E-state index contributed by atoms with van der Waals surface area (Å²) < 4.78 is 14.0. The Bertz CT molecular complexity index is 560. The Hall–Kier alpha value is -1.42. The molecule has 1 fully saturated rings. The van der Waals surface area contributed by atoms with Gasteiger partial charge in [-0.05, 0) is 42.4 Å². The normalized spacial score (nSPS) is 27.8. The molecule has 1 saturated heterocycles. The lowest BCUT2D eigenvalue weighted by Gasteiger charge is -2.34. The van der Waals surface area contributed by atoms with E-state index in [1.807, 2.05) is 17.9 Å². The van der Waals surface area contributed by atoms with E-state index in [-0.39, 0.29) is 17.8 Å². The molecule has 0 bridgehead atoms. The van der Waals surface area contributed by atoms with Crippen molar-refractivity contribution in [2.45, 2.75) is 51.6 Å². The number of carbonyl (C=O) groups is 1. The fraction of sp³-hybridized carbons (Fsp3) is 0.611. The van der Waals surface area contributed by atoms with Crippen LogP contribution in [-0.2, 0) is 11.2 Å². The third-order valence-electron chi connectivity index (χ3n) is 5.17. The molecule has 1 aromatic rings. The number of carbonyl (C=O) groups excluding carboxylic acids is 1. The average molecular weight is 304 g/mol. The molecule has 22 heavy (non-hydrogen) atoms. The Kier molecular flexibility index (Phi) is 4.48. The molecule has 1 aliphatic carbocycles. The molecule has 1 N–H and O–H groups in total. The lowest BCUT2D eigenvalue weighted by molar-refractivity contribution is -0.129. The summed E-state index contributed by atoms with van der Waals surface area (Å²) in [5.41, 5.74) is 1.98. The maximum atomic E-state index is 14.0. The van der Waals surface area contributed by atoms with Gasteiger partial charge in [0.15, 0.2) is 0 Å². The molecule has 1 aliphatic heterocycles. The summed E-state index contributed by atoms with van der Waals surface area (Å²) in [5, 5.41) is 3.70. The molecule has 0 unspecified atom stereocenters. The maximum Gasteiger partial charge on any atom is 0.222 e. The van der Waals surface area contributed by atoms with Crippen molar-refractivity contribution >= 4 is 5.91 Å². The number of hydrogen-bond acceptors (Lipinski definition) is 2. The maximum absolute atomic E-state index is 14.0. The topological polar surface area (TPSA) is 32.3 Å². The fourth-order valence-electron chi connectivity index (χ4n) is 3.83. The van der Waals surface area contributed by atoms with E-state index in [9.17, 15) is 9.18 Å². The van der Waals surface area contributed by atoms with Gasteiger partial charge in [0.1, 0.15) is 5.82 Å². The zero-order valence-corrected chi connectivity index (χ0v) is 13.4. The standard InChI is InChI=1S/C18H25FN2O/c1-3-17(22)21-10-9-13(11-21)20-18-12(2)7-8-14-15(18)5-4-6-16(14)19/h4-6,12-13,18,20H,3,7-11H2,1-2H3/t12-,13-,18+/m0/s1. The molecule has 0 saturated carbocycles. The SMILES string of the molecule is CCC(=O)N1CC[C@H](N[C@H]2c3cccc(F)c3CC[C@@H]2C)C1. The molecule has 4 heteroatoms. The van der Waals surface area contributed by atoms with Gasteiger partial charge in [0.2, 0.25) is 5.91 Å². The van der Waals surface area contributed by atoms with Crippen molar-refractivity contribution < 1.29 is 9.18 Å². The first-order valence-electron chi connectivity index (χ1n) is 8.41. The van der Waals surface area contributed by atoms with Gasteiger partial charge >= 0.3 is 0 Å². The van der Waals surface area contributed by atoms with Crippen molar-refractivity contribution in [2.24, 2.45) is 5.92 Å². The predicted octanol–water partition coefficient (Wildman–Crippen LogP) is 3.05. The number of benzene rings is 1. The highest BCUT2D eigenvalue weighted by Gasteiger charge is 2.32. The van der Waals surface area contributed by atoms with Crippen molar-refractivity contribution in [1.29, 1.82) is 0 Å². The first-order valence-corrected chi connectivity index (χ1v) is 8.41. The quantitative estimate of drug-likeness (QED) is 0.931. The molecule has 1 heterocycles. The van der Waals surface area contributed by atoms with Crippen LogP contribution in [0, 0.1) is 11.7 Å². The minimum absolute atomic E-state index is 0.0783. The molecule has 0 spiro atoms. The van der Waals surface area contributed by atoms with E-state index in [0.29, 0.717) is 18.4 Å².